The van der Waals surface area contributed by atoms with Crippen LogP contribution in [0, 0.1) is 5.82 Å². The van der Waals surface area contributed by atoms with Crippen molar-refractivity contribution in [1.82, 2.24) is 9.88 Å². The van der Waals surface area contributed by atoms with Crippen LogP contribution in [0.4, 0.5) is 10.2 Å². The van der Waals surface area contributed by atoms with E-state index in [0.717, 1.165) is 32.5 Å². The molecule has 6 nitrogen and oxygen atoms in total. The van der Waals surface area contributed by atoms with E-state index >= 15 is 0 Å². The van der Waals surface area contributed by atoms with Gasteiger partial charge in [-0.2, -0.15) is 0 Å². The Morgan fingerprint density at radius 1 is 1.35 bits per heavy atom. The third-order valence-corrected chi connectivity index (χ3v) is 4.69. The Hall–Kier alpha value is -1.44. The number of pyridine rings is 1. The van der Waals surface area contributed by atoms with Gasteiger partial charge in [-0.1, -0.05) is 0 Å². The van der Waals surface area contributed by atoms with Gasteiger partial charge in [-0.3, -0.25) is 4.90 Å². The van der Waals surface area contributed by atoms with Crippen LogP contribution >= 0.6 is 0 Å². The predicted molar refractivity (Wildman–Crippen MR) is 84.4 cm³/mol. The van der Waals surface area contributed by atoms with Crippen LogP contribution in [-0.4, -0.2) is 73.6 Å². The molecular weight excluding hydrogens is 301 g/mol. The summed E-state index contributed by atoms with van der Waals surface area (Å²) >= 11 is 0. The maximum Gasteiger partial charge on any atom is 0.169 e. The van der Waals surface area contributed by atoms with E-state index in [0.29, 0.717) is 30.8 Å². The molecule has 0 aliphatic carbocycles. The number of fused-ring (bicyclic) bond motifs is 1. The number of piperazine rings is 1. The molecule has 1 aromatic heterocycles. The molecule has 2 fully saturated rings. The number of ether oxygens (including phenoxy) is 2. The molecule has 2 aliphatic rings. The molecule has 3 heterocycles. The average Bonchev–Trinajstić information content (AvgIpc) is 2.97. The van der Waals surface area contributed by atoms with Gasteiger partial charge in [0.25, 0.3) is 0 Å². The van der Waals surface area contributed by atoms with E-state index in [9.17, 15) is 9.50 Å². The van der Waals surface area contributed by atoms with Crippen molar-refractivity contribution in [2.75, 3.05) is 51.5 Å². The first-order valence-electron chi connectivity index (χ1n) is 8.11. The molecule has 2 saturated heterocycles. The van der Waals surface area contributed by atoms with Crippen LogP contribution in [0.5, 0.6) is 5.75 Å². The molecule has 3 rings (SSSR count). The number of halogens is 1. The van der Waals surface area contributed by atoms with Crippen LogP contribution in [0.15, 0.2) is 12.3 Å². The summed E-state index contributed by atoms with van der Waals surface area (Å²) in [5, 5.41) is 9.40. The van der Waals surface area contributed by atoms with Crippen molar-refractivity contribution in [3.8, 4) is 5.75 Å². The summed E-state index contributed by atoms with van der Waals surface area (Å²) in [6.07, 6.45) is 3.62. The highest BCUT2D eigenvalue weighted by molar-refractivity contribution is 5.43. The molecule has 0 radical (unpaired) electrons. The van der Waals surface area contributed by atoms with E-state index < -0.39 is 0 Å². The number of methoxy groups -OCH3 is 1. The number of aliphatic hydroxyl groups is 1. The van der Waals surface area contributed by atoms with Crippen LogP contribution in [0.2, 0.25) is 0 Å². The summed E-state index contributed by atoms with van der Waals surface area (Å²) in [6, 6.07) is 2.02. The number of hydrogen-bond donors (Lipinski definition) is 1. The second-order valence-corrected chi connectivity index (χ2v) is 6.07. The van der Waals surface area contributed by atoms with E-state index in [2.05, 4.69) is 9.88 Å². The molecule has 1 aromatic rings. The molecule has 0 spiro atoms. The van der Waals surface area contributed by atoms with Crippen molar-refractivity contribution < 1.29 is 19.0 Å². The van der Waals surface area contributed by atoms with Gasteiger partial charge in [-0.15, -0.1) is 0 Å². The summed E-state index contributed by atoms with van der Waals surface area (Å²) in [5.41, 5.74) is 0. The van der Waals surface area contributed by atoms with E-state index in [1.54, 1.807) is 13.3 Å². The molecule has 2 atom stereocenters. The number of aromatic nitrogens is 1. The minimum absolute atomic E-state index is 0.205. The third kappa shape index (κ3) is 3.57. The highest BCUT2D eigenvalue weighted by Crippen LogP contribution is 2.30. The Labute approximate surface area is 135 Å². The Morgan fingerprint density at radius 3 is 2.96 bits per heavy atom. The maximum absolute atomic E-state index is 14.4. The summed E-state index contributed by atoms with van der Waals surface area (Å²) in [6.45, 7) is 3.35. The lowest BCUT2D eigenvalue weighted by Gasteiger charge is -2.40. The van der Waals surface area contributed by atoms with Crippen LogP contribution in [0.25, 0.3) is 0 Å². The Bertz CT molecular complexity index is 531. The molecule has 7 heteroatoms. The standard InChI is InChI=1S/C16H24FN3O3/c1-22-6-7-23-14-8-15(17)16(18-9-14)19-4-5-20-12(10-19)2-3-13(20)11-21/h8-9,12-13,21H,2-7,10-11H2,1H3/t12-,13+/m1/s1. The second kappa shape index (κ2) is 7.42. The van der Waals surface area contributed by atoms with Gasteiger partial charge >= 0.3 is 0 Å². The van der Waals surface area contributed by atoms with E-state index in [4.69, 9.17) is 9.47 Å². The Morgan fingerprint density at radius 2 is 2.22 bits per heavy atom. The van der Waals surface area contributed by atoms with Gasteiger partial charge in [-0.05, 0) is 12.8 Å². The molecule has 0 saturated carbocycles. The number of hydrogen-bond acceptors (Lipinski definition) is 6. The maximum atomic E-state index is 14.4. The van der Waals surface area contributed by atoms with Crippen molar-refractivity contribution in [2.24, 2.45) is 0 Å². The Balaban J connectivity index is 1.63. The summed E-state index contributed by atoms with van der Waals surface area (Å²) in [5.74, 6) is 0.449. The lowest BCUT2D eigenvalue weighted by molar-refractivity contribution is 0.119. The van der Waals surface area contributed by atoms with Gasteiger partial charge in [0.1, 0.15) is 12.4 Å². The third-order valence-electron chi connectivity index (χ3n) is 4.69. The number of nitrogens with zero attached hydrogens (tertiary/aromatic N) is 3. The van der Waals surface area contributed by atoms with Gasteiger partial charge < -0.3 is 19.5 Å². The first-order chi connectivity index (χ1) is 11.2. The topological polar surface area (TPSA) is 58.1 Å². The fourth-order valence-corrected chi connectivity index (χ4v) is 3.51. The highest BCUT2D eigenvalue weighted by Gasteiger charge is 2.37. The lowest BCUT2D eigenvalue weighted by atomic mass is 10.1. The molecular formula is C16H24FN3O3. The van der Waals surface area contributed by atoms with Crippen LogP contribution < -0.4 is 9.64 Å². The predicted octanol–water partition coefficient (Wildman–Crippen LogP) is 0.891. The molecule has 0 bridgehead atoms. The summed E-state index contributed by atoms with van der Waals surface area (Å²) in [4.78, 5) is 8.59. The zero-order valence-corrected chi connectivity index (χ0v) is 13.4. The zero-order chi connectivity index (χ0) is 16.2. The van der Waals surface area contributed by atoms with Gasteiger partial charge in [0.15, 0.2) is 11.6 Å². The molecule has 0 aromatic carbocycles. The van der Waals surface area contributed by atoms with Crippen LogP contribution in [0.1, 0.15) is 12.8 Å². The zero-order valence-electron chi connectivity index (χ0n) is 13.4. The molecule has 1 N–H and O–H groups in total. The normalized spacial score (nSPS) is 24.7. The first kappa shape index (κ1) is 16.4. The largest absolute Gasteiger partial charge is 0.489 e. The SMILES string of the molecule is COCCOc1cnc(N2CCN3[C@H](CO)CC[C@@H]3C2)c(F)c1. The fourth-order valence-electron chi connectivity index (χ4n) is 3.51. The molecule has 128 valence electrons. The lowest BCUT2D eigenvalue weighted by Crippen LogP contribution is -2.53. The van der Waals surface area contributed by atoms with Crippen molar-refractivity contribution in [2.45, 2.75) is 24.9 Å². The molecule has 0 amide bonds. The first-order valence-corrected chi connectivity index (χ1v) is 8.11. The summed E-state index contributed by atoms with van der Waals surface area (Å²) in [7, 11) is 1.59. The fraction of sp³-hybridized carbons (Fsp3) is 0.688. The van der Waals surface area contributed by atoms with Crippen molar-refractivity contribution >= 4 is 5.82 Å². The van der Waals surface area contributed by atoms with Crippen molar-refractivity contribution in [1.29, 1.82) is 0 Å². The van der Waals surface area contributed by atoms with Gasteiger partial charge in [0.05, 0.1) is 19.4 Å². The van der Waals surface area contributed by atoms with Crippen molar-refractivity contribution in [3.63, 3.8) is 0 Å². The molecule has 2 aliphatic heterocycles. The summed E-state index contributed by atoms with van der Waals surface area (Å²) < 4.78 is 24.6. The smallest absolute Gasteiger partial charge is 0.169 e. The minimum Gasteiger partial charge on any atom is -0.489 e. The number of aliphatic hydroxyl groups excluding tert-OH is 1. The van der Waals surface area contributed by atoms with Gasteiger partial charge in [-0.25, -0.2) is 9.37 Å². The van der Waals surface area contributed by atoms with Crippen molar-refractivity contribution in [3.05, 3.63) is 18.1 Å². The van der Waals surface area contributed by atoms with Gasteiger partial charge in [0.2, 0.25) is 0 Å². The number of rotatable bonds is 6. The van der Waals surface area contributed by atoms with Gasteiger partial charge in [0, 0.05) is 44.9 Å². The monoisotopic (exact) mass is 325 g/mol. The minimum atomic E-state index is -0.356. The molecule has 23 heavy (non-hydrogen) atoms. The highest BCUT2D eigenvalue weighted by atomic mass is 19.1. The second-order valence-electron chi connectivity index (χ2n) is 6.07. The van der Waals surface area contributed by atoms with E-state index in [-0.39, 0.29) is 18.5 Å². The molecule has 0 unspecified atom stereocenters. The number of anilines is 1. The quantitative estimate of drug-likeness (QED) is 0.784. The van der Waals surface area contributed by atoms with E-state index in [1.165, 1.54) is 6.07 Å². The van der Waals surface area contributed by atoms with Crippen LogP contribution in [0.3, 0.4) is 0 Å². The van der Waals surface area contributed by atoms with Crippen LogP contribution in [-0.2, 0) is 4.74 Å². The Kier molecular flexibility index (Phi) is 5.30. The average molecular weight is 325 g/mol. The van der Waals surface area contributed by atoms with E-state index in [1.807, 2.05) is 4.90 Å².